The Kier molecular flexibility index (Phi) is 5.93. The molecule has 0 heterocycles. The van der Waals surface area contributed by atoms with Crippen LogP contribution in [-0.4, -0.2) is 42.3 Å². The molecule has 0 N–H and O–H groups in total. The van der Waals surface area contributed by atoms with E-state index in [-0.39, 0.29) is 0 Å². The van der Waals surface area contributed by atoms with E-state index < -0.39 is 0 Å². The molecule has 0 aliphatic heterocycles. The zero-order valence-electron chi connectivity index (χ0n) is 17.9. The highest BCUT2D eigenvalue weighted by atomic mass is 15.1. The SMILES string of the molecule is CN(C)c1ccc(Cc2ccc(N(C)C)cc2-c2ccccc2N(C)C)cc1. The van der Waals surface area contributed by atoms with Crippen LogP contribution in [0, 0.1) is 0 Å². The van der Waals surface area contributed by atoms with E-state index in [1.807, 2.05) is 0 Å². The molecule has 146 valence electrons. The summed E-state index contributed by atoms with van der Waals surface area (Å²) in [6.07, 6.45) is 0.915. The van der Waals surface area contributed by atoms with Crippen LogP contribution in [0.5, 0.6) is 0 Å². The van der Waals surface area contributed by atoms with Crippen molar-refractivity contribution in [2.45, 2.75) is 6.42 Å². The predicted octanol–water partition coefficient (Wildman–Crippen LogP) is 5.14. The fourth-order valence-electron chi connectivity index (χ4n) is 3.47. The summed E-state index contributed by atoms with van der Waals surface area (Å²) in [7, 11) is 12.5. The number of benzene rings is 3. The van der Waals surface area contributed by atoms with Gasteiger partial charge < -0.3 is 14.7 Å². The molecule has 0 aromatic heterocycles. The van der Waals surface area contributed by atoms with Gasteiger partial charge in [-0.05, 0) is 53.4 Å². The number of nitrogens with zero attached hydrogens (tertiary/aromatic N) is 3. The van der Waals surface area contributed by atoms with Gasteiger partial charge in [0.1, 0.15) is 0 Å². The van der Waals surface area contributed by atoms with Crippen molar-refractivity contribution in [1.29, 1.82) is 0 Å². The number of para-hydroxylation sites is 1. The van der Waals surface area contributed by atoms with E-state index in [1.165, 1.54) is 39.3 Å². The van der Waals surface area contributed by atoms with Gasteiger partial charge in [-0.25, -0.2) is 0 Å². The minimum Gasteiger partial charge on any atom is -0.378 e. The van der Waals surface area contributed by atoms with Crippen molar-refractivity contribution in [2.24, 2.45) is 0 Å². The molecule has 3 aromatic rings. The molecular formula is C25H31N3. The maximum Gasteiger partial charge on any atom is 0.0440 e. The third-order valence-corrected chi connectivity index (χ3v) is 5.13. The smallest absolute Gasteiger partial charge is 0.0440 e. The van der Waals surface area contributed by atoms with Gasteiger partial charge in [0.15, 0.2) is 0 Å². The van der Waals surface area contributed by atoms with Crippen molar-refractivity contribution in [1.82, 2.24) is 0 Å². The second-order valence-corrected chi connectivity index (χ2v) is 7.89. The molecule has 0 spiro atoms. The Morgan fingerprint density at radius 2 is 1.18 bits per heavy atom. The molecule has 28 heavy (non-hydrogen) atoms. The van der Waals surface area contributed by atoms with Crippen LogP contribution in [0.15, 0.2) is 66.7 Å². The molecule has 0 atom stereocenters. The molecule has 0 saturated heterocycles. The largest absolute Gasteiger partial charge is 0.378 e. The average Bonchev–Trinajstić information content (AvgIpc) is 2.68. The summed E-state index contributed by atoms with van der Waals surface area (Å²) in [5, 5.41) is 0. The minimum absolute atomic E-state index is 0.915. The van der Waals surface area contributed by atoms with Crippen LogP contribution >= 0.6 is 0 Å². The van der Waals surface area contributed by atoms with Gasteiger partial charge in [-0.2, -0.15) is 0 Å². The number of hydrogen-bond acceptors (Lipinski definition) is 3. The lowest BCUT2D eigenvalue weighted by molar-refractivity contribution is 1.11. The third kappa shape index (κ3) is 4.30. The molecule has 0 aliphatic carbocycles. The molecule has 3 nitrogen and oxygen atoms in total. The predicted molar refractivity (Wildman–Crippen MR) is 124 cm³/mol. The van der Waals surface area contributed by atoms with E-state index >= 15 is 0 Å². The van der Waals surface area contributed by atoms with E-state index in [2.05, 4.69) is 124 Å². The fourth-order valence-corrected chi connectivity index (χ4v) is 3.47. The van der Waals surface area contributed by atoms with E-state index in [4.69, 9.17) is 0 Å². The maximum absolute atomic E-state index is 2.31. The number of hydrogen-bond donors (Lipinski definition) is 0. The summed E-state index contributed by atoms with van der Waals surface area (Å²) in [6, 6.07) is 24.3. The Bertz CT molecular complexity index is 925. The third-order valence-electron chi connectivity index (χ3n) is 5.13. The second-order valence-electron chi connectivity index (χ2n) is 7.89. The lowest BCUT2D eigenvalue weighted by atomic mass is 9.93. The van der Waals surface area contributed by atoms with Gasteiger partial charge in [0.25, 0.3) is 0 Å². The Balaban J connectivity index is 2.07. The summed E-state index contributed by atoms with van der Waals surface area (Å²) in [6.45, 7) is 0. The van der Waals surface area contributed by atoms with E-state index in [0.29, 0.717) is 0 Å². The monoisotopic (exact) mass is 373 g/mol. The molecule has 3 heteroatoms. The lowest BCUT2D eigenvalue weighted by Crippen LogP contribution is -2.11. The minimum atomic E-state index is 0.915. The first-order chi connectivity index (χ1) is 13.4. The first kappa shape index (κ1) is 19.8. The van der Waals surface area contributed by atoms with Crippen LogP contribution in [0.1, 0.15) is 11.1 Å². The Morgan fingerprint density at radius 1 is 0.571 bits per heavy atom. The standard InChI is InChI=1S/C25H31N3/c1-26(2)21-14-11-19(12-15-21)17-20-13-16-22(27(3)4)18-24(20)23-9-7-8-10-25(23)28(5)6/h7-16,18H,17H2,1-6H3. The summed E-state index contributed by atoms with van der Waals surface area (Å²) in [4.78, 5) is 6.49. The molecule has 3 rings (SSSR count). The fraction of sp³-hybridized carbons (Fsp3) is 0.280. The highest BCUT2D eigenvalue weighted by Gasteiger charge is 2.13. The second kappa shape index (κ2) is 8.39. The quantitative estimate of drug-likeness (QED) is 0.592. The van der Waals surface area contributed by atoms with Crippen LogP contribution in [-0.2, 0) is 6.42 Å². The van der Waals surface area contributed by atoms with Crippen molar-refractivity contribution in [3.05, 3.63) is 77.9 Å². The van der Waals surface area contributed by atoms with Gasteiger partial charge in [-0.15, -0.1) is 0 Å². The Morgan fingerprint density at radius 3 is 1.79 bits per heavy atom. The van der Waals surface area contributed by atoms with Gasteiger partial charge in [-0.3, -0.25) is 0 Å². The van der Waals surface area contributed by atoms with Crippen molar-refractivity contribution in [3.8, 4) is 11.1 Å². The Labute approximate surface area is 169 Å². The van der Waals surface area contributed by atoms with E-state index in [1.54, 1.807) is 0 Å². The maximum atomic E-state index is 2.31. The van der Waals surface area contributed by atoms with E-state index in [0.717, 1.165) is 6.42 Å². The van der Waals surface area contributed by atoms with Gasteiger partial charge >= 0.3 is 0 Å². The molecule has 0 radical (unpaired) electrons. The first-order valence-corrected chi connectivity index (χ1v) is 9.70. The highest BCUT2D eigenvalue weighted by Crippen LogP contribution is 2.35. The summed E-state index contributed by atoms with van der Waals surface area (Å²) < 4.78 is 0. The van der Waals surface area contributed by atoms with Crippen LogP contribution in [0.4, 0.5) is 17.1 Å². The van der Waals surface area contributed by atoms with Crippen LogP contribution in [0.3, 0.4) is 0 Å². The normalized spacial score (nSPS) is 10.6. The van der Waals surface area contributed by atoms with Gasteiger partial charge in [0, 0.05) is 64.9 Å². The highest BCUT2D eigenvalue weighted by molar-refractivity contribution is 5.82. The van der Waals surface area contributed by atoms with Crippen molar-refractivity contribution < 1.29 is 0 Å². The summed E-state index contributed by atoms with van der Waals surface area (Å²) in [5.74, 6) is 0. The molecule has 0 unspecified atom stereocenters. The number of anilines is 3. The molecule has 0 fully saturated rings. The van der Waals surface area contributed by atoms with Crippen molar-refractivity contribution in [3.63, 3.8) is 0 Å². The van der Waals surface area contributed by atoms with Crippen LogP contribution in [0.25, 0.3) is 11.1 Å². The number of rotatable bonds is 6. The topological polar surface area (TPSA) is 9.72 Å². The van der Waals surface area contributed by atoms with Gasteiger partial charge in [0.05, 0.1) is 0 Å². The van der Waals surface area contributed by atoms with Crippen molar-refractivity contribution >= 4 is 17.1 Å². The zero-order chi connectivity index (χ0) is 20.3. The van der Waals surface area contributed by atoms with Gasteiger partial charge in [-0.1, -0.05) is 36.4 Å². The molecule has 0 amide bonds. The lowest BCUT2D eigenvalue weighted by Gasteiger charge is -2.22. The average molecular weight is 374 g/mol. The molecular weight excluding hydrogens is 342 g/mol. The summed E-state index contributed by atoms with van der Waals surface area (Å²) >= 11 is 0. The Hall–Kier alpha value is -2.94. The molecule has 3 aromatic carbocycles. The zero-order valence-corrected chi connectivity index (χ0v) is 17.9. The first-order valence-electron chi connectivity index (χ1n) is 9.70. The molecule has 0 saturated carbocycles. The van der Waals surface area contributed by atoms with E-state index in [9.17, 15) is 0 Å². The van der Waals surface area contributed by atoms with Crippen molar-refractivity contribution in [2.75, 3.05) is 57.0 Å². The molecule has 0 bridgehead atoms. The van der Waals surface area contributed by atoms with Crippen LogP contribution < -0.4 is 14.7 Å². The molecule has 0 aliphatic rings. The summed E-state index contributed by atoms with van der Waals surface area (Å²) in [5.41, 5.74) is 8.93. The van der Waals surface area contributed by atoms with Crippen LogP contribution in [0.2, 0.25) is 0 Å². The van der Waals surface area contributed by atoms with Gasteiger partial charge in [0.2, 0.25) is 0 Å².